The quantitative estimate of drug-likeness (QED) is 0.407. The smallest absolute Gasteiger partial charge is 0.278 e. The molecule has 2 amide bonds. The zero-order valence-corrected chi connectivity index (χ0v) is 19.7. The highest BCUT2D eigenvalue weighted by Crippen LogP contribution is 2.26. The van der Waals surface area contributed by atoms with E-state index in [2.05, 4.69) is 32.7 Å². The highest BCUT2D eigenvalue weighted by Gasteiger charge is 2.21. The molecule has 172 valence electrons. The first-order valence-electron chi connectivity index (χ1n) is 10.9. The predicted octanol–water partition coefficient (Wildman–Crippen LogP) is 4.25. The van der Waals surface area contributed by atoms with Crippen molar-refractivity contribution in [3.05, 3.63) is 64.4 Å². The molecule has 0 aliphatic rings. The van der Waals surface area contributed by atoms with Crippen LogP contribution in [-0.2, 0) is 16.0 Å². The Labute approximate surface area is 196 Å². The fourth-order valence-electron chi connectivity index (χ4n) is 3.14. The van der Waals surface area contributed by atoms with Crippen molar-refractivity contribution in [2.45, 2.75) is 50.4 Å². The van der Waals surface area contributed by atoms with E-state index in [-0.39, 0.29) is 22.7 Å². The molecule has 0 unspecified atom stereocenters. The Morgan fingerprint density at radius 3 is 2.52 bits per heavy atom. The first-order valence-corrected chi connectivity index (χ1v) is 11.8. The molecule has 33 heavy (non-hydrogen) atoms. The second-order valence-corrected chi connectivity index (χ2v) is 8.50. The van der Waals surface area contributed by atoms with Gasteiger partial charge in [0.2, 0.25) is 11.8 Å². The minimum absolute atomic E-state index is 0.0974. The number of thioether (sulfide) groups is 1. The number of aryl methyl sites for hydroxylation is 1. The number of carbonyl (C=O) groups is 2. The van der Waals surface area contributed by atoms with Gasteiger partial charge in [-0.25, -0.2) is 0 Å². The number of nitrogens with zero attached hydrogens (tertiary/aromatic N) is 2. The molecule has 0 aliphatic carbocycles. The van der Waals surface area contributed by atoms with Crippen molar-refractivity contribution in [1.82, 2.24) is 15.2 Å². The van der Waals surface area contributed by atoms with E-state index in [1.54, 1.807) is 31.2 Å². The van der Waals surface area contributed by atoms with Gasteiger partial charge in [-0.3, -0.25) is 19.4 Å². The molecule has 3 N–H and O–H groups in total. The number of amides is 2. The third kappa shape index (κ3) is 6.29. The maximum atomic E-state index is 12.8. The number of aromatic nitrogens is 3. The summed E-state index contributed by atoms with van der Waals surface area (Å²) < 4.78 is 0. The van der Waals surface area contributed by atoms with Crippen LogP contribution in [0.4, 0.5) is 11.4 Å². The molecule has 0 saturated carbocycles. The number of para-hydroxylation sites is 1. The molecule has 0 radical (unpaired) electrons. The molecule has 8 nitrogen and oxygen atoms in total. The molecule has 3 aromatic rings. The van der Waals surface area contributed by atoms with Crippen molar-refractivity contribution < 1.29 is 9.59 Å². The van der Waals surface area contributed by atoms with Gasteiger partial charge in [0.25, 0.3) is 5.56 Å². The number of hydrogen-bond acceptors (Lipinski definition) is 6. The summed E-state index contributed by atoms with van der Waals surface area (Å²) in [5, 5.41) is 13.7. The van der Waals surface area contributed by atoms with Crippen LogP contribution in [0.1, 0.15) is 39.2 Å². The Kier molecular flexibility index (Phi) is 8.37. The molecule has 0 bridgehead atoms. The van der Waals surface area contributed by atoms with Gasteiger partial charge in [-0.15, -0.1) is 10.2 Å². The Balaban J connectivity index is 1.77. The zero-order chi connectivity index (χ0) is 23.8. The van der Waals surface area contributed by atoms with Crippen molar-refractivity contribution in [2.24, 2.45) is 0 Å². The molecule has 0 saturated heterocycles. The van der Waals surface area contributed by atoms with E-state index in [4.69, 9.17) is 0 Å². The average molecular weight is 466 g/mol. The highest BCUT2D eigenvalue weighted by atomic mass is 32.2. The zero-order valence-electron chi connectivity index (χ0n) is 18.8. The molecule has 2 aromatic carbocycles. The number of rotatable bonds is 9. The van der Waals surface area contributed by atoms with E-state index in [0.717, 1.165) is 29.4 Å². The van der Waals surface area contributed by atoms with Crippen LogP contribution in [0.15, 0.2) is 58.5 Å². The monoisotopic (exact) mass is 465 g/mol. The topological polar surface area (TPSA) is 117 Å². The molecule has 1 heterocycles. The van der Waals surface area contributed by atoms with Crippen molar-refractivity contribution in [1.29, 1.82) is 0 Å². The van der Waals surface area contributed by atoms with Crippen LogP contribution in [-0.4, -0.2) is 32.2 Å². The van der Waals surface area contributed by atoms with Gasteiger partial charge in [-0.2, -0.15) is 0 Å². The highest BCUT2D eigenvalue weighted by molar-refractivity contribution is 8.00. The van der Waals surface area contributed by atoms with Crippen LogP contribution in [0.25, 0.3) is 11.3 Å². The Hall–Kier alpha value is -3.46. The maximum Gasteiger partial charge on any atom is 0.278 e. The van der Waals surface area contributed by atoms with Gasteiger partial charge >= 0.3 is 0 Å². The Bertz CT molecular complexity index is 1190. The van der Waals surface area contributed by atoms with Crippen LogP contribution in [0.3, 0.4) is 0 Å². The lowest BCUT2D eigenvalue weighted by Gasteiger charge is -2.14. The number of aromatic amines is 1. The Morgan fingerprint density at radius 1 is 1.03 bits per heavy atom. The first kappa shape index (κ1) is 24.2. The van der Waals surface area contributed by atoms with Crippen LogP contribution in [0.5, 0.6) is 0 Å². The largest absolute Gasteiger partial charge is 0.325 e. The van der Waals surface area contributed by atoms with Crippen molar-refractivity contribution in [2.75, 3.05) is 10.6 Å². The number of H-pyrrole nitrogens is 1. The standard InChI is InChI=1S/C24H27N5O3S/c1-4-15-10-9-11-16(14-15)25-22(31)19(5-2)33-24-27-23(32)21(28-29-24)17-12-7-8-13-18(17)26-20(30)6-3/h7-14,19H,4-6H2,1-3H3,(H,25,31)(H,26,30)(H,27,29,32)/t19-/m1/s1. The van der Waals surface area contributed by atoms with Crippen LogP contribution in [0, 0.1) is 0 Å². The van der Waals surface area contributed by atoms with Gasteiger partial charge in [-0.05, 0) is 36.6 Å². The second-order valence-electron chi connectivity index (χ2n) is 7.31. The van der Waals surface area contributed by atoms with Crippen molar-refractivity contribution in [3.8, 4) is 11.3 Å². The summed E-state index contributed by atoms with van der Waals surface area (Å²) in [5.41, 5.74) is 2.49. The van der Waals surface area contributed by atoms with Gasteiger partial charge < -0.3 is 10.6 Å². The summed E-state index contributed by atoms with van der Waals surface area (Å²) in [6.45, 7) is 5.70. The lowest BCUT2D eigenvalue weighted by atomic mass is 10.1. The van der Waals surface area contributed by atoms with E-state index in [1.165, 1.54) is 0 Å². The number of hydrogen-bond donors (Lipinski definition) is 3. The third-order valence-electron chi connectivity index (χ3n) is 4.97. The summed E-state index contributed by atoms with van der Waals surface area (Å²) in [5.74, 6) is -0.338. The van der Waals surface area contributed by atoms with Crippen LogP contribution in [0.2, 0.25) is 0 Å². The lowest BCUT2D eigenvalue weighted by molar-refractivity contribution is -0.116. The van der Waals surface area contributed by atoms with Crippen LogP contribution < -0.4 is 16.2 Å². The number of anilines is 2. The molecule has 0 spiro atoms. The van der Waals surface area contributed by atoms with Gasteiger partial charge in [0.15, 0.2) is 10.9 Å². The number of nitrogens with one attached hydrogen (secondary N) is 3. The van der Waals surface area contributed by atoms with Gasteiger partial charge in [0.05, 0.1) is 10.9 Å². The summed E-state index contributed by atoms with van der Waals surface area (Å²) >= 11 is 1.15. The summed E-state index contributed by atoms with van der Waals surface area (Å²) in [7, 11) is 0. The summed E-state index contributed by atoms with van der Waals surface area (Å²) in [6.07, 6.45) is 1.74. The molecular weight excluding hydrogens is 438 g/mol. The SMILES string of the molecule is CCC(=O)Nc1ccccc1-c1nnc(S[C@H](CC)C(=O)Nc2cccc(CC)c2)[nH]c1=O. The van der Waals surface area contributed by atoms with E-state index in [0.29, 0.717) is 24.1 Å². The maximum absolute atomic E-state index is 12.8. The van der Waals surface area contributed by atoms with E-state index in [1.807, 2.05) is 31.2 Å². The fourth-order valence-corrected chi connectivity index (χ4v) is 3.98. The molecule has 0 aliphatic heterocycles. The van der Waals surface area contributed by atoms with E-state index < -0.39 is 10.8 Å². The average Bonchev–Trinajstić information content (AvgIpc) is 2.83. The predicted molar refractivity (Wildman–Crippen MR) is 131 cm³/mol. The first-order chi connectivity index (χ1) is 15.9. The molecule has 9 heteroatoms. The van der Waals surface area contributed by atoms with Crippen LogP contribution >= 0.6 is 11.8 Å². The fraction of sp³-hybridized carbons (Fsp3) is 0.292. The summed E-state index contributed by atoms with van der Waals surface area (Å²) in [6, 6.07) is 14.6. The Morgan fingerprint density at radius 2 is 1.82 bits per heavy atom. The molecule has 1 atom stereocenters. The molecule has 0 fully saturated rings. The lowest BCUT2D eigenvalue weighted by Crippen LogP contribution is -2.25. The summed E-state index contributed by atoms with van der Waals surface area (Å²) in [4.78, 5) is 40.1. The normalized spacial score (nSPS) is 11.6. The van der Waals surface area contributed by atoms with E-state index >= 15 is 0 Å². The third-order valence-corrected chi connectivity index (χ3v) is 6.21. The molecule has 3 rings (SSSR count). The van der Waals surface area contributed by atoms with E-state index in [9.17, 15) is 14.4 Å². The van der Waals surface area contributed by atoms with Gasteiger partial charge in [-0.1, -0.05) is 62.9 Å². The van der Waals surface area contributed by atoms with Crippen molar-refractivity contribution >= 4 is 35.0 Å². The number of carbonyl (C=O) groups excluding carboxylic acids is 2. The minimum atomic E-state index is -0.456. The van der Waals surface area contributed by atoms with Gasteiger partial charge in [0, 0.05) is 17.7 Å². The molecular formula is C24H27N5O3S. The molecule has 1 aromatic heterocycles. The number of benzene rings is 2. The van der Waals surface area contributed by atoms with Crippen molar-refractivity contribution in [3.63, 3.8) is 0 Å². The minimum Gasteiger partial charge on any atom is -0.325 e. The van der Waals surface area contributed by atoms with Gasteiger partial charge in [0.1, 0.15) is 0 Å². The second kappa shape index (κ2) is 11.4.